The zero-order chi connectivity index (χ0) is 16.3. The van der Waals surface area contributed by atoms with Gasteiger partial charge in [0.15, 0.2) is 0 Å². The Kier molecular flexibility index (Phi) is 2.81. The third kappa shape index (κ3) is 1.68. The quantitative estimate of drug-likeness (QED) is 0.730. The minimum absolute atomic E-state index is 0.0595. The maximum absolute atomic E-state index is 12.9. The van der Waals surface area contributed by atoms with Crippen LogP contribution in [0.3, 0.4) is 0 Å². The van der Waals surface area contributed by atoms with E-state index in [1.54, 1.807) is 10.4 Å². The maximum Gasteiger partial charge on any atom is 0.266 e. The summed E-state index contributed by atoms with van der Waals surface area (Å²) in [5.41, 5.74) is 5.02. The van der Waals surface area contributed by atoms with E-state index in [9.17, 15) is 9.59 Å². The Hall–Kier alpha value is -2.38. The SMILES string of the molecule is O=C1CSC2(C(=O)Nc3ccccc32)N1c1ccc2ncsc2c1. The fourth-order valence-electron chi connectivity index (χ4n) is 3.36. The van der Waals surface area contributed by atoms with Crippen LogP contribution in [-0.4, -0.2) is 22.6 Å². The van der Waals surface area contributed by atoms with Crippen LogP contribution < -0.4 is 10.2 Å². The molecule has 1 spiro atoms. The highest BCUT2D eigenvalue weighted by Crippen LogP contribution is 2.53. The molecule has 5 nitrogen and oxygen atoms in total. The van der Waals surface area contributed by atoms with Gasteiger partial charge in [0, 0.05) is 16.9 Å². The number of carbonyl (C=O) groups is 2. The number of benzene rings is 2. The van der Waals surface area contributed by atoms with Crippen molar-refractivity contribution in [2.45, 2.75) is 4.87 Å². The fourth-order valence-corrected chi connectivity index (χ4v) is 5.39. The molecule has 24 heavy (non-hydrogen) atoms. The number of nitrogens with one attached hydrogen (secondary N) is 1. The van der Waals surface area contributed by atoms with Gasteiger partial charge in [-0.05, 0) is 24.3 Å². The van der Waals surface area contributed by atoms with Crippen LogP contribution in [0.5, 0.6) is 0 Å². The predicted octanol–water partition coefficient (Wildman–Crippen LogP) is 3.18. The minimum Gasteiger partial charge on any atom is -0.323 e. The van der Waals surface area contributed by atoms with Gasteiger partial charge in [0.25, 0.3) is 5.91 Å². The van der Waals surface area contributed by atoms with Gasteiger partial charge in [-0.2, -0.15) is 0 Å². The van der Waals surface area contributed by atoms with Crippen LogP contribution in [-0.2, 0) is 14.5 Å². The van der Waals surface area contributed by atoms with Crippen molar-refractivity contribution in [3.05, 3.63) is 53.5 Å². The first-order chi connectivity index (χ1) is 11.7. The third-order valence-electron chi connectivity index (χ3n) is 4.39. The Morgan fingerprint density at radius 1 is 1.17 bits per heavy atom. The number of aromatic nitrogens is 1. The van der Waals surface area contributed by atoms with E-state index >= 15 is 0 Å². The van der Waals surface area contributed by atoms with E-state index in [-0.39, 0.29) is 17.6 Å². The first-order valence-electron chi connectivity index (χ1n) is 7.41. The molecular weight excluding hydrogens is 342 g/mol. The van der Waals surface area contributed by atoms with E-state index < -0.39 is 4.87 Å². The smallest absolute Gasteiger partial charge is 0.266 e. The van der Waals surface area contributed by atoms with E-state index in [1.165, 1.54) is 23.1 Å². The van der Waals surface area contributed by atoms with Gasteiger partial charge in [0.2, 0.25) is 10.8 Å². The van der Waals surface area contributed by atoms with E-state index in [1.807, 2.05) is 42.5 Å². The number of nitrogens with zero attached hydrogens (tertiary/aromatic N) is 2. The van der Waals surface area contributed by atoms with E-state index in [0.29, 0.717) is 0 Å². The molecule has 118 valence electrons. The summed E-state index contributed by atoms with van der Waals surface area (Å²) in [6, 6.07) is 13.3. The highest BCUT2D eigenvalue weighted by atomic mass is 32.2. The van der Waals surface area contributed by atoms with E-state index in [0.717, 1.165) is 27.2 Å². The van der Waals surface area contributed by atoms with Gasteiger partial charge >= 0.3 is 0 Å². The lowest BCUT2D eigenvalue weighted by Crippen LogP contribution is -2.47. The topological polar surface area (TPSA) is 62.3 Å². The lowest BCUT2D eigenvalue weighted by Gasteiger charge is -2.32. The zero-order valence-corrected chi connectivity index (χ0v) is 14.0. The van der Waals surface area contributed by atoms with Crippen molar-refractivity contribution < 1.29 is 9.59 Å². The second kappa shape index (κ2) is 4.81. The molecule has 0 aliphatic carbocycles. The molecule has 1 aromatic heterocycles. The van der Waals surface area contributed by atoms with Crippen LogP contribution in [0.25, 0.3) is 10.2 Å². The van der Waals surface area contributed by atoms with Gasteiger partial charge < -0.3 is 5.32 Å². The largest absolute Gasteiger partial charge is 0.323 e. The number of carbonyl (C=O) groups excluding carboxylic acids is 2. The molecule has 2 aromatic carbocycles. The Morgan fingerprint density at radius 3 is 2.96 bits per heavy atom. The monoisotopic (exact) mass is 353 g/mol. The number of hydrogen-bond acceptors (Lipinski definition) is 5. The van der Waals surface area contributed by atoms with Gasteiger partial charge in [-0.15, -0.1) is 23.1 Å². The molecule has 1 atom stereocenters. The van der Waals surface area contributed by atoms with Crippen molar-refractivity contribution in [1.82, 2.24) is 4.98 Å². The summed E-state index contributed by atoms with van der Waals surface area (Å²) >= 11 is 2.90. The molecule has 2 amide bonds. The zero-order valence-electron chi connectivity index (χ0n) is 12.4. The number of anilines is 2. The molecule has 0 saturated carbocycles. The Labute approximate surface area is 145 Å². The number of thioether (sulfide) groups is 1. The summed E-state index contributed by atoms with van der Waals surface area (Å²) in [6.45, 7) is 0. The molecule has 3 aromatic rings. The van der Waals surface area contributed by atoms with Crippen LogP contribution in [0.1, 0.15) is 5.56 Å². The van der Waals surface area contributed by atoms with Crippen LogP contribution in [0.2, 0.25) is 0 Å². The number of rotatable bonds is 1. The number of fused-ring (bicyclic) bond motifs is 3. The number of hydrogen-bond donors (Lipinski definition) is 1. The third-order valence-corrected chi connectivity index (χ3v) is 6.58. The van der Waals surface area contributed by atoms with Crippen molar-refractivity contribution in [3.63, 3.8) is 0 Å². The second-order valence-corrected chi connectivity index (χ2v) is 7.72. The first kappa shape index (κ1) is 14.0. The summed E-state index contributed by atoms with van der Waals surface area (Å²) in [5.74, 6) is 0.0577. The number of thiazole rings is 1. The molecular formula is C17H11N3O2S2. The maximum atomic E-state index is 12.9. The fraction of sp³-hybridized carbons (Fsp3) is 0.118. The Bertz CT molecular complexity index is 1020. The number of para-hydroxylation sites is 1. The molecule has 7 heteroatoms. The minimum atomic E-state index is -1.02. The summed E-state index contributed by atoms with van der Waals surface area (Å²) in [5, 5.41) is 2.92. The molecule has 3 heterocycles. The van der Waals surface area contributed by atoms with Crippen LogP contribution in [0.4, 0.5) is 11.4 Å². The van der Waals surface area contributed by atoms with Gasteiger partial charge in [0.05, 0.1) is 21.5 Å². The summed E-state index contributed by atoms with van der Waals surface area (Å²) in [6.07, 6.45) is 0. The van der Waals surface area contributed by atoms with Gasteiger partial charge in [-0.25, -0.2) is 4.98 Å². The molecule has 1 N–H and O–H groups in total. The average Bonchev–Trinajstić information content (AvgIpc) is 3.26. The van der Waals surface area contributed by atoms with Gasteiger partial charge in [-0.1, -0.05) is 18.2 Å². The molecule has 5 rings (SSSR count). The standard InChI is InChI=1S/C17H11N3O2S2/c21-15-8-24-17(11-3-1-2-4-12(11)19-16(17)22)20(15)10-5-6-13-14(7-10)23-9-18-13/h1-7,9H,8H2,(H,19,22). The van der Waals surface area contributed by atoms with Crippen molar-refractivity contribution in [2.24, 2.45) is 0 Å². The van der Waals surface area contributed by atoms with Gasteiger partial charge in [0.1, 0.15) is 0 Å². The van der Waals surface area contributed by atoms with Crippen molar-refractivity contribution in [3.8, 4) is 0 Å². The summed E-state index contributed by atoms with van der Waals surface area (Å²) in [7, 11) is 0. The Morgan fingerprint density at radius 2 is 2.04 bits per heavy atom. The Balaban J connectivity index is 1.74. The lowest BCUT2D eigenvalue weighted by molar-refractivity contribution is -0.122. The predicted molar refractivity (Wildman–Crippen MR) is 96.3 cm³/mol. The molecule has 1 unspecified atom stereocenters. The van der Waals surface area contributed by atoms with Crippen molar-refractivity contribution in [1.29, 1.82) is 0 Å². The van der Waals surface area contributed by atoms with Crippen molar-refractivity contribution in [2.75, 3.05) is 16.0 Å². The molecule has 0 bridgehead atoms. The molecule has 2 aliphatic rings. The van der Waals surface area contributed by atoms with E-state index in [2.05, 4.69) is 10.3 Å². The van der Waals surface area contributed by atoms with Crippen LogP contribution in [0.15, 0.2) is 48.0 Å². The highest BCUT2D eigenvalue weighted by Gasteiger charge is 2.58. The second-order valence-electron chi connectivity index (χ2n) is 5.67. The molecule has 2 aliphatic heterocycles. The first-order valence-corrected chi connectivity index (χ1v) is 9.28. The van der Waals surface area contributed by atoms with Crippen LogP contribution >= 0.6 is 23.1 Å². The van der Waals surface area contributed by atoms with E-state index in [4.69, 9.17) is 0 Å². The summed E-state index contributed by atoms with van der Waals surface area (Å²) < 4.78 is 0.999. The molecule has 0 radical (unpaired) electrons. The average molecular weight is 353 g/mol. The van der Waals surface area contributed by atoms with Crippen molar-refractivity contribution >= 4 is 56.5 Å². The van der Waals surface area contributed by atoms with Crippen LogP contribution in [0, 0.1) is 0 Å². The highest BCUT2D eigenvalue weighted by molar-refractivity contribution is 8.02. The number of amides is 2. The molecule has 1 saturated heterocycles. The molecule has 1 fully saturated rings. The summed E-state index contributed by atoms with van der Waals surface area (Å²) in [4.78, 5) is 30.4. The normalized spacial score (nSPS) is 22.4. The van der Waals surface area contributed by atoms with Gasteiger partial charge in [-0.3, -0.25) is 14.5 Å². The lowest BCUT2D eigenvalue weighted by atomic mass is 10.0.